The van der Waals surface area contributed by atoms with Crippen molar-refractivity contribution >= 4 is 5.78 Å². The molecule has 74 valence electrons. The van der Waals surface area contributed by atoms with Crippen LogP contribution in [0, 0.1) is 5.92 Å². The van der Waals surface area contributed by atoms with E-state index in [4.69, 9.17) is 0 Å². The molecule has 0 saturated heterocycles. The van der Waals surface area contributed by atoms with E-state index in [0.717, 1.165) is 0 Å². The normalized spacial score (nSPS) is 26.0. The fourth-order valence-corrected chi connectivity index (χ4v) is 1.92. The van der Waals surface area contributed by atoms with Crippen molar-refractivity contribution in [1.82, 2.24) is 0 Å². The molecule has 2 rings (SSSR count). The zero-order valence-corrected chi connectivity index (χ0v) is 7.90. The monoisotopic (exact) mass is 192 g/mol. The predicted octanol–water partition coefficient (Wildman–Crippen LogP) is 1.65. The maximum Gasteiger partial charge on any atom is 0.169 e. The molecule has 0 spiro atoms. The van der Waals surface area contributed by atoms with E-state index in [-0.39, 0.29) is 17.5 Å². The Balaban J connectivity index is 2.62. The highest BCUT2D eigenvalue weighted by molar-refractivity contribution is 6.02. The number of phenolic OH excluding ortho intramolecular Hbond substituents is 1. The number of aliphatic hydroxyl groups is 1. The van der Waals surface area contributed by atoms with Gasteiger partial charge in [0.05, 0.1) is 11.7 Å². The second-order valence-corrected chi connectivity index (χ2v) is 3.76. The molecular formula is C11H12O3. The topological polar surface area (TPSA) is 57.5 Å². The van der Waals surface area contributed by atoms with E-state index in [1.807, 2.05) is 0 Å². The molecule has 1 aliphatic rings. The predicted molar refractivity (Wildman–Crippen MR) is 51.2 cm³/mol. The Morgan fingerprint density at radius 3 is 2.86 bits per heavy atom. The second kappa shape index (κ2) is 3.10. The lowest BCUT2D eigenvalue weighted by Crippen LogP contribution is -2.23. The molecule has 1 aromatic carbocycles. The van der Waals surface area contributed by atoms with Gasteiger partial charge in [0.15, 0.2) is 5.78 Å². The Labute approximate surface area is 82.0 Å². The molecule has 0 heterocycles. The maximum atomic E-state index is 11.7. The van der Waals surface area contributed by atoms with Crippen LogP contribution in [0.4, 0.5) is 0 Å². The minimum atomic E-state index is -0.634. The number of fused-ring (bicyclic) bond motifs is 1. The number of carbonyl (C=O) groups excluding carboxylic acids is 1. The molecule has 0 aliphatic heterocycles. The number of aromatic hydroxyl groups is 1. The van der Waals surface area contributed by atoms with Gasteiger partial charge in [0, 0.05) is 5.92 Å². The summed E-state index contributed by atoms with van der Waals surface area (Å²) in [5.74, 6) is -0.327. The minimum Gasteiger partial charge on any atom is -0.507 e. The van der Waals surface area contributed by atoms with Gasteiger partial charge in [-0.05, 0) is 18.1 Å². The van der Waals surface area contributed by atoms with Gasteiger partial charge in [-0.2, -0.15) is 0 Å². The van der Waals surface area contributed by atoms with E-state index in [1.54, 1.807) is 19.1 Å². The van der Waals surface area contributed by atoms with Gasteiger partial charge >= 0.3 is 0 Å². The highest BCUT2D eigenvalue weighted by Crippen LogP contribution is 2.36. The molecule has 3 heteroatoms. The molecule has 2 N–H and O–H groups in total. The number of aliphatic hydroxyl groups excluding tert-OH is 1. The van der Waals surface area contributed by atoms with Gasteiger partial charge in [-0.1, -0.05) is 19.1 Å². The number of hydrogen-bond acceptors (Lipinski definition) is 3. The van der Waals surface area contributed by atoms with Crippen molar-refractivity contribution in [1.29, 1.82) is 0 Å². The first kappa shape index (κ1) is 9.21. The molecule has 0 unspecified atom stereocenters. The fourth-order valence-electron chi connectivity index (χ4n) is 1.92. The van der Waals surface area contributed by atoms with Crippen molar-refractivity contribution < 1.29 is 15.0 Å². The van der Waals surface area contributed by atoms with Gasteiger partial charge in [-0.15, -0.1) is 0 Å². The molecule has 0 saturated carbocycles. The fraction of sp³-hybridized carbons (Fsp3) is 0.364. The summed E-state index contributed by atoms with van der Waals surface area (Å²) < 4.78 is 0. The average molecular weight is 192 g/mol. The first-order valence-corrected chi connectivity index (χ1v) is 4.65. The number of ketones is 1. The van der Waals surface area contributed by atoms with E-state index >= 15 is 0 Å². The van der Waals surface area contributed by atoms with Crippen LogP contribution in [-0.2, 0) is 0 Å². The lowest BCUT2D eigenvalue weighted by molar-refractivity contribution is 0.0791. The summed E-state index contributed by atoms with van der Waals surface area (Å²) in [6.45, 7) is 1.76. The average Bonchev–Trinajstić information content (AvgIpc) is 2.14. The van der Waals surface area contributed by atoms with Crippen LogP contribution in [0.15, 0.2) is 18.2 Å². The first-order valence-electron chi connectivity index (χ1n) is 4.65. The van der Waals surface area contributed by atoms with Crippen molar-refractivity contribution in [3.8, 4) is 5.75 Å². The van der Waals surface area contributed by atoms with Crippen molar-refractivity contribution in [3.05, 3.63) is 29.3 Å². The summed E-state index contributed by atoms with van der Waals surface area (Å²) in [6, 6.07) is 4.80. The molecule has 0 radical (unpaired) electrons. The largest absolute Gasteiger partial charge is 0.507 e. The molecule has 3 nitrogen and oxygen atoms in total. The van der Waals surface area contributed by atoms with Crippen LogP contribution in [0.3, 0.4) is 0 Å². The van der Waals surface area contributed by atoms with Gasteiger partial charge in [-0.25, -0.2) is 0 Å². The summed E-state index contributed by atoms with van der Waals surface area (Å²) >= 11 is 0. The van der Waals surface area contributed by atoms with Crippen LogP contribution in [0.2, 0.25) is 0 Å². The Morgan fingerprint density at radius 2 is 2.14 bits per heavy atom. The van der Waals surface area contributed by atoms with Gasteiger partial charge in [0.2, 0.25) is 0 Å². The maximum absolute atomic E-state index is 11.7. The highest BCUT2D eigenvalue weighted by atomic mass is 16.3. The van der Waals surface area contributed by atoms with Crippen LogP contribution in [0.1, 0.15) is 35.4 Å². The molecule has 14 heavy (non-hydrogen) atoms. The van der Waals surface area contributed by atoms with Gasteiger partial charge < -0.3 is 10.2 Å². The third-order valence-corrected chi connectivity index (χ3v) is 2.70. The van der Waals surface area contributed by atoms with E-state index in [1.165, 1.54) is 6.07 Å². The Kier molecular flexibility index (Phi) is 2.04. The molecule has 1 aromatic rings. The summed E-state index contributed by atoms with van der Waals surface area (Å²) in [5, 5.41) is 19.2. The number of benzene rings is 1. The zero-order valence-electron chi connectivity index (χ0n) is 7.90. The number of Topliss-reactive ketones (excluding diaryl/α,β-unsaturated/α-hetero) is 1. The van der Waals surface area contributed by atoms with Crippen molar-refractivity contribution in [3.63, 3.8) is 0 Å². The van der Waals surface area contributed by atoms with E-state index in [0.29, 0.717) is 17.5 Å². The van der Waals surface area contributed by atoms with Crippen molar-refractivity contribution in [2.75, 3.05) is 0 Å². The molecule has 2 atom stereocenters. The van der Waals surface area contributed by atoms with Crippen LogP contribution >= 0.6 is 0 Å². The van der Waals surface area contributed by atoms with E-state index in [9.17, 15) is 15.0 Å². The van der Waals surface area contributed by atoms with Gasteiger partial charge in [-0.3, -0.25) is 4.79 Å². The summed E-state index contributed by atoms with van der Waals surface area (Å²) in [7, 11) is 0. The molecule has 0 amide bonds. The SMILES string of the molecule is C[C@H]1C[C@H](O)c2cccc(O)c2C1=O. The molecule has 0 fully saturated rings. The van der Waals surface area contributed by atoms with Crippen molar-refractivity contribution in [2.24, 2.45) is 5.92 Å². The standard InChI is InChI=1S/C11H12O3/c1-6-5-9(13)7-3-2-4-8(12)10(7)11(6)14/h2-4,6,9,12-13H,5H2,1H3/t6-,9-/m0/s1. The number of carbonyl (C=O) groups is 1. The van der Waals surface area contributed by atoms with Crippen molar-refractivity contribution in [2.45, 2.75) is 19.4 Å². The Hall–Kier alpha value is -1.35. The third-order valence-electron chi connectivity index (χ3n) is 2.70. The third kappa shape index (κ3) is 1.21. The van der Waals surface area contributed by atoms with Gasteiger partial charge in [0.25, 0.3) is 0 Å². The number of phenols is 1. The lowest BCUT2D eigenvalue weighted by atomic mass is 9.81. The zero-order chi connectivity index (χ0) is 10.3. The summed E-state index contributed by atoms with van der Waals surface area (Å²) in [5.41, 5.74) is 0.840. The Bertz CT molecular complexity index is 384. The van der Waals surface area contributed by atoms with Gasteiger partial charge in [0.1, 0.15) is 5.75 Å². The first-order chi connectivity index (χ1) is 6.61. The summed E-state index contributed by atoms with van der Waals surface area (Å²) in [4.78, 5) is 11.7. The van der Waals surface area contributed by atoms with E-state index < -0.39 is 6.10 Å². The molecular weight excluding hydrogens is 180 g/mol. The number of rotatable bonds is 0. The van der Waals surface area contributed by atoms with E-state index in [2.05, 4.69) is 0 Å². The summed E-state index contributed by atoms with van der Waals surface area (Å²) in [6.07, 6.45) is -0.195. The van der Waals surface area contributed by atoms with Crippen LogP contribution in [0.25, 0.3) is 0 Å². The molecule has 0 aromatic heterocycles. The minimum absolute atomic E-state index is 0.0295. The highest BCUT2D eigenvalue weighted by Gasteiger charge is 2.31. The molecule has 1 aliphatic carbocycles. The van der Waals surface area contributed by atoms with Crippen LogP contribution in [0.5, 0.6) is 5.75 Å². The lowest BCUT2D eigenvalue weighted by Gasteiger charge is -2.25. The van der Waals surface area contributed by atoms with Crippen LogP contribution in [-0.4, -0.2) is 16.0 Å². The second-order valence-electron chi connectivity index (χ2n) is 3.76. The quantitative estimate of drug-likeness (QED) is 0.657. The number of hydrogen-bond donors (Lipinski definition) is 2. The smallest absolute Gasteiger partial charge is 0.169 e. The molecule has 0 bridgehead atoms. The van der Waals surface area contributed by atoms with Crippen LogP contribution < -0.4 is 0 Å². The Morgan fingerprint density at radius 1 is 1.43 bits per heavy atom.